The van der Waals surface area contributed by atoms with Crippen molar-refractivity contribution in [2.45, 2.75) is 32.8 Å². The molecule has 0 saturated carbocycles. The molecule has 0 heterocycles. The lowest BCUT2D eigenvalue weighted by Crippen LogP contribution is -2.38. The maximum Gasteiger partial charge on any atom is 0.260 e. The van der Waals surface area contributed by atoms with Crippen molar-refractivity contribution < 1.29 is 19.1 Å². The van der Waals surface area contributed by atoms with Gasteiger partial charge in [0.05, 0.1) is 7.11 Å². The number of benzene rings is 1. The van der Waals surface area contributed by atoms with Crippen molar-refractivity contribution in [3.63, 3.8) is 0 Å². The highest BCUT2D eigenvalue weighted by Gasteiger charge is 2.14. The number of methoxy groups -OCH3 is 1. The Bertz CT molecular complexity index is 474. The molecule has 2 amide bonds. The molecule has 0 saturated heterocycles. The number of carbonyl (C=O) groups excluding carboxylic acids is 2. The molecular weight excluding hydrogens is 284 g/mol. The van der Waals surface area contributed by atoms with Gasteiger partial charge in [-0.3, -0.25) is 9.59 Å². The van der Waals surface area contributed by atoms with Crippen LogP contribution in [0.1, 0.15) is 26.7 Å². The van der Waals surface area contributed by atoms with E-state index < -0.39 is 6.10 Å². The van der Waals surface area contributed by atoms with Gasteiger partial charge in [-0.05, 0) is 37.6 Å². The molecule has 1 atom stereocenters. The normalized spacial score (nSPS) is 11.4. The summed E-state index contributed by atoms with van der Waals surface area (Å²) >= 11 is 0. The Labute approximate surface area is 131 Å². The van der Waals surface area contributed by atoms with E-state index in [0.717, 1.165) is 12.2 Å². The van der Waals surface area contributed by atoms with Gasteiger partial charge in [0, 0.05) is 19.5 Å². The van der Waals surface area contributed by atoms with E-state index in [1.807, 2.05) is 6.92 Å². The van der Waals surface area contributed by atoms with Gasteiger partial charge >= 0.3 is 0 Å². The van der Waals surface area contributed by atoms with Crippen molar-refractivity contribution in [1.82, 2.24) is 10.6 Å². The van der Waals surface area contributed by atoms with E-state index in [0.29, 0.717) is 18.8 Å². The van der Waals surface area contributed by atoms with Crippen molar-refractivity contribution >= 4 is 11.8 Å². The minimum Gasteiger partial charge on any atom is -0.497 e. The zero-order chi connectivity index (χ0) is 16.4. The van der Waals surface area contributed by atoms with Crippen molar-refractivity contribution in [1.29, 1.82) is 0 Å². The maximum atomic E-state index is 11.9. The number of carbonyl (C=O) groups is 2. The minimum atomic E-state index is -0.632. The first-order chi connectivity index (χ1) is 10.6. The van der Waals surface area contributed by atoms with Gasteiger partial charge in [0.15, 0.2) is 6.10 Å². The molecule has 1 aromatic rings. The van der Waals surface area contributed by atoms with Crippen LogP contribution < -0.4 is 20.1 Å². The minimum absolute atomic E-state index is 0.0640. The van der Waals surface area contributed by atoms with E-state index in [9.17, 15) is 9.59 Å². The molecular formula is C16H24N2O4. The Kier molecular flexibility index (Phi) is 7.81. The van der Waals surface area contributed by atoms with Crippen LogP contribution in [-0.2, 0) is 9.59 Å². The maximum absolute atomic E-state index is 11.9. The summed E-state index contributed by atoms with van der Waals surface area (Å²) in [5.74, 6) is 0.997. The number of hydrogen-bond donors (Lipinski definition) is 2. The van der Waals surface area contributed by atoms with Gasteiger partial charge in [-0.15, -0.1) is 0 Å². The molecule has 6 nitrogen and oxygen atoms in total. The smallest absolute Gasteiger partial charge is 0.260 e. The molecule has 0 aliphatic carbocycles. The van der Waals surface area contributed by atoms with Gasteiger partial charge in [-0.2, -0.15) is 0 Å². The number of amides is 2. The van der Waals surface area contributed by atoms with E-state index in [2.05, 4.69) is 10.6 Å². The molecule has 2 N–H and O–H groups in total. The Balaban J connectivity index is 2.30. The van der Waals surface area contributed by atoms with Gasteiger partial charge in [-0.25, -0.2) is 0 Å². The highest BCUT2D eigenvalue weighted by Crippen LogP contribution is 2.18. The van der Waals surface area contributed by atoms with Crippen LogP contribution in [0.5, 0.6) is 11.5 Å². The first kappa shape index (κ1) is 17.8. The predicted octanol–water partition coefficient (Wildman–Crippen LogP) is 1.49. The Morgan fingerprint density at radius 3 is 2.32 bits per heavy atom. The van der Waals surface area contributed by atoms with E-state index in [1.54, 1.807) is 38.3 Å². The standard InChI is InChI=1S/C16H24N2O4/c1-4-10-17-15(19)9-11-18-16(20)12(2)22-14-7-5-13(21-3)6-8-14/h5-8,12H,4,9-11H2,1-3H3,(H,17,19)(H,18,20)/t12-/m0/s1. The van der Waals surface area contributed by atoms with Gasteiger partial charge in [0.2, 0.25) is 5.91 Å². The zero-order valence-corrected chi connectivity index (χ0v) is 13.3. The van der Waals surface area contributed by atoms with Gasteiger partial charge in [0.25, 0.3) is 5.91 Å². The number of rotatable bonds is 9. The monoisotopic (exact) mass is 308 g/mol. The summed E-state index contributed by atoms with van der Waals surface area (Å²) in [6.45, 7) is 4.60. The van der Waals surface area contributed by atoms with Gasteiger partial charge < -0.3 is 20.1 Å². The lowest BCUT2D eigenvalue weighted by Gasteiger charge is -2.15. The van der Waals surface area contributed by atoms with Gasteiger partial charge in [-0.1, -0.05) is 6.92 Å². The number of nitrogens with one attached hydrogen (secondary N) is 2. The lowest BCUT2D eigenvalue weighted by atomic mass is 10.3. The summed E-state index contributed by atoms with van der Waals surface area (Å²) in [7, 11) is 1.59. The Hall–Kier alpha value is -2.24. The summed E-state index contributed by atoms with van der Waals surface area (Å²) in [4.78, 5) is 23.3. The summed E-state index contributed by atoms with van der Waals surface area (Å²) in [6.07, 6.45) is 0.526. The van der Waals surface area contributed by atoms with Crippen LogP contribution >= 0.6 is 0 Å². The molecule has 0 spiro atoms. The second-order valence-electron chi connectivity index (χ2n) is 4.83. The molecule has 0 bridgehead atoms. The second-order valence-corrected chi connectivity index (χ2v) is 4.83. The van der Waals surface area contributed by atoms with Crippen LogP contribution in [0.25, 0.3) is 0 Å². The molecule has 0 fully saturated rings. The number of hydrogen-bond acceptors (Lipinski definition) is 4. The zero-order valence-electron chi connectivity index (χ0n) is 13.3. The summed E-state index contributed by atoms with van der Waals surface area (Å²) in [5, 5.41) is 5.44. The van der Waals surface area contributed by atoms with Crippen LogP contribution in [0.3, 0.4) is 0 Å². The fourth-order valence-corrected chi connectivity index (χ4v) is 1.71. The van der Waals surface area contributed by atoms with Crippen LogP contribution in [0.15, 0.2) is 24.3 Å². The van der Waals surface area contributed by atoms with E-state index >= 15 is 0 Å². The second kappa shape index (κ2) is 9.65. The predicted molar refractivity (Wildman–Crippen MR) is 84.0 cm³/mol. The Morgan fingerprint density at radius 1 is 1.09 bits per heavy atom. The third-order valence-electron chi connectivity index (χ3n) is 2.96. The Morgan fingerprint density at radius 2 is 1.73 bits per heavy atom. The first-order valence-electron chi connectivity index (χ1n) is 7.42. The molecule has 0 aromatic heterocycles. The van der Waals surface area contributed by atoms with Crippen molar-refractivity contribution in [3.05, 3.63) is 24.3 Å². The fourth-order valence-electron chi connectivity index (χ4n) is 1.71. The third kappa shape index (κ3) is 6.47. The van der Waals surface area contributed by atoms with Crippen LogP contribution in [-0.4, -0.2) is 38.1 Å². The van der Waals surface area contributed by atoms with E-state index in [-0.39, 0.29) is 18.2 Å². The van der Waals surface area contributed by atoms with E-state index in [4.69, 9.17) is 9.47 Å². The molecule has 122 valence electrons. The van der Waals surface area contributed by atoms with Crippen LogP contribution in [0, 0.1) is 0 Å². The summed E-state index contributed by atoms with van der Waals surface area (Å²) in [6, 6.07) is 7.00. The van der Waals surface area contributed by atoms with Crippen LogP contribution in [0.2, 0.25) is 0 Å². The molecule has 22 heavy (non-hydrogen) atoms. The fraction of sp³-hybridized carbons (Fsp3) is 0.500. The average Bonchev–Trinajstić information content (AvgIpc) is 2.53. The topological polar surface area (TPSA) is 76.7 Å². The molecule has 6 heteroatoms. The largest absolute Gasteiger partial charge is 0.497 e. The van der Waals surface area contributed by atoms with Crippen molar-refractivity contribution in [2.24, 2.45) is 0 Å². The third-order valence-corrected chi connectivity index (χ3v) is 2.96. The molecule has 0 radical (unpaired) electrons. The molecule has 0 aliphatic rings. The lowest BCUT2D eigenvalue weighted by molar-refractivity contribution is -0.127. The summed E-state index contributed by atoms with van der Waals surface area (Å²) < 4.78 is 10.6. The molecule has 1 rings (SSSR count). The molecule has 0 aliphatic heterocycles. The highest BCUT2D eigenvalue weighted by molar-refractivity contribution is 5.82. The van der Waals surface area contributed by atoms with Crippen molar-refractivity contribution in [3.8, 4) is 11.5 Å². The quantitative estimate of drug-likeness (QED) is 0.725. The summed E-state index contributed by atoms with van der Waals surface area (Å²) in [5.41, 5.74) is 0. The van der Waals surface area contributed by atoms with Crippen molar-refractivity contribution in [2.75, 3.05) is 20.2 Å². The molecule has 1 aromatic carbocycles. The van der Waals surface area contributed by atoms with Gasteiger partial charge in [0.1, 0.15) is 11.5 Å². The van der Waals surface area contributed by atoms with Crippen LogP contribution in [0.4, 0.5) is 0 Å². The number of ether oxygens (including phenoxy) is 2. The first-order valence-corrected chi connectivity index (χ1v) is 7.42. The SMILES string of the molecule is CCCNC(=O)CCNC(=O)[C@H](C)Oc1ccc(OC)cc1. The molecule has 0 unspecified atom stereocenters. The average molecular weight is 308 g/mol. The van der Waals surface area contributed by atoms with E-state index in [1.165, 1.54) is 0 Å². The highest BCUT2D eigenvalue weighted by atomic mass is 16.5.